The molecule has 0 saturated carbocycles. The lowest BCUT2D eigenvalue weighted by atomic mass is 10.1. The van der Waals surface area contributed by atoms with E-state index >= 15 is 0 Å². The number of pyridine rings is 1. The first-order valence-electron chi connectivity index (χ1n) is 16.1. The van der Waals surface area contributed by atoms with E-state index in [0.717, 1.165) is 44.7 Å². The van der Waals surface area contributed by atoms with Crippen LogP contribution in [0.15, 0.2) is 152 Å². The SMILES string of the molecule is CCC.c1ccc(-n2ccc3c2ccc2c4ccccc4n(-c4cccc(-c5nc(-c6ccccn6)c6ccccc6n5)c4)c23)cc1. The molecule has 47 heavy (non-hydrogen) atoms. The average molecular weight is 608 g/mol. The molecule has 4 aromatic heterocycles. The van der Waals surface area contributed by atoms with Crippen LogP contribution in [-0.4, -0.2) is 24.1 Å². The van der Waals surface area contributed by atoms with Gasteiger partial charge in [0.2, 0.25) is 0 Å². The van der Waals surface area contributed by atoms with E-state index < -0.39 is 0 Å². The lowest BCUT2D eigenvalue weighted by Crippen LogP contribution is -1.98. The zero-order valence-electron chi connectivity index (χ0n) is 26.4. The monoisotopic (exact) mass is 607 g/mol. The molecule has 0 atom stereocenters. The van der Waals surface area contributed by atoms with E-state index in [9.17, 15) is 0 Å². The summed E-state index contributed by atoms with van der Waals surface area (Å²) in [6.07, 6.45) is 5.22. The van der Waals surface area contributed by atoms with E-state index in [2.05, 4.69) is 137 Å². The standard InChI is InChI=1S/C39H25N5.C3H8/c1-2-12-27(13-3-1)43-24-22-32-35(43)21-20-30-29-15-5-7-19-36(29)44(38(30)32)28-14-10-11-26(25-28)39-41-33-17-6-4-16-31(33)37(42-39)34-18-8-9-23-40-34;1-3-2/h1-25H;3H2,1-2H3. The van der Waals surface area contributed by atoms with Gasteiger partial charge in [0.25, 0.3) is 0 Å². The first-order chi connectivity index (χ1) is 23.2. The maximum Gasteiger partial charge on any atom is 0.160 e. The van der Waals surface area contributed by atoms with Crippen LogP contribution >= 0.6 is 0 Å². The van der Waals surface area contributed by atoms with Crippen LogP contribution in [0.1, 0.15) is 20.3 Å². The van der Waals surface area contributed by atoms with Crippen LogP contribution in [0.25, 0.3) is 77.8 Å². The van der Waals surface area contributed by atoms with Crippen molar-refractivity contribution in [2.24, 2.45) is 0 Å². The lowest BCUT2D eigenvalue weighted by Gasteiger charge is -2.12. The molecule has 0 unspecified atom stereocenters. The van der Waals surface area contributed by atoms with Crippen LogP contribution in [0.5, 0.6) is 0 Å². The quantitative estimate of drug-likeness (QED) is 0.200. The van der Waals surface area contributed by atoms with Crippen LogP contribution in [-0.2, 0) is 0 Å². The van der Waals surface area contributed by atoms with Crippen molar-refractivity contribution in [1.82, 2.24) is 24.1 Å². The third-order valence-electron chi connectivity index (χ3n) is 8.41. The smallest absolute Gasteiger partial charge is 0.160 e. The van der Waals surface area contributed by atoms with Gasteiger partial charge >= 0.3 is 0 Å². The predicted molar refractivity (Wildman–Crippen MR) is 195 cm³/mol. The van der Waals surface area contributed by atoms with Gasteiger partial charge in [-0.15, -0.1) is 0 Å². The van der Waals surface area contributed by atoms with E-state index in [-0.39, 0.29) is 0 Å². The van der Waals surface area contributed by atoms with Crippen LogP contribution < -0.4 is 0 Å². The molecule has 0 aliphatic heterocycles. The van der Waals surface area contributed by atoms with E-state index in [4.69, 9.17) is 9.97 Å². The molecule has 5 nitrogen and oxygen atoms in total. The molecule has 5 heteroatoms. The molecule has 0 N–H and O–H groups in total. The number of hydrogen-bond acceptors (Lipinski definition) is 3. The zero-order chi connectivity index (χ0) is 31.7. The average Bonchev–Trinajstić information content (AvgIpc) is 3.72. The Balaban J connectivity index is 0.00000104. The molecule has 0 fully saturated rings. The summed E-state index contributed by atoms with van der Waals surface area (Å²) >= 11 is 0. The third kappa shape index (κ3) is 4.93. The Morgan fingerprint density at radius 1 is 0.553 bits per heavy atom. The highest BCUT2D eigenvalue weighted by molar-refractivity contribution is 6.18. The first kappa shape index (κ1) is 28.4. The maximum atomic E-state index is 5.09. The van der Waals surface area contributed by atoms with E-state index in [1.165, 1.54) is 33.6 Å². The highest BCUT2D eigenvalue weighted by atomic mass is 15.0. The molecular weight excluding hydrogens is 574 g/mol. The van der Waals surface area contributed by atoms with Gasteiger partial charge in [0.1, 0.15) is 5.69 Å². The van der Waals surface area contributed by atoms with Gasteiger partial charge in [-0.3, -0.25) is 4.98 Å². The van der Waals surface area contributed by atoms with Gasteiger partial charge in [0, 0.05) is 50.9 Å². The molecule has 226 valence electrons. The summed E-state index contributed by atoms with van der Waals surface area (Å²) < 4.78 is 4.64. The van der Waals surface area contributed by atoms with Gasteiger partial charge in [0.15, 0.2) is 5.82 Å². The van der Waals surface area contributed by atoms with Crippen LogP contribution in [0.2, 0.25) is 0 Å². The summed E-state index contributed by atoms with van der Waals surface area (Å²) in [5.74, 6) is 0.673. The minimum absolute atomic E-state index is 0.673. The van der Waals surface area contributed by atoms with Gasteiger partial charge in [-0.25, -0.2) is 9.97 Å². The van der Waals surface area contributed by atoms with Gasteiger partial charge < -0.3 is 9.13 Å². The molecule has 0 bridgehead atoms. The van der Waals surface area contributed by atoms with E-state index in [1.807, 2.05) is 36.4 Å². The van der Waals surface area contributed by atoms with Crippen LogP contribution in [0.4, 0.5) is 0 Å². The summed E-state index contributed by atoms with van der Waals surface area (Å²) in [5, 5.41) is 4.64. The van der Waals surface area contributed by atoms with Crippen molar-refractivity contribution in [3.8, 4) is 34.2 Å². The second-order valence-corrected chi connectivity index (χ2v) is 11.7. The Hall–Kier alpha value is -6.07. The van der Waals surface area contributed by atoms with Gasteiger partial charge in [-0.2, -0.15) is 0 Å². The molecule has 5 aromatic carbocycles. The number of benzene rings is 5. The first-order valence-corrected chi connectivity index (χ1v) is 16.1. The van der Waals surface area contributed by atoms with E-state index in [0.29, 0.717) is 5.82 Å². The molecule has 0 aliphatic carbocycles. The van der Waals surface area contributed by atoms with E-state index in [1.54, 1.807) is 6.20 Å². The van der Waals surface area contributed by atoms with Crippen molar-refractivity contribution in [2.45, 2.75) is 20.3 Å². The van der Waals surface area contributed by atoms with Gasteiger partial charge in [-0.05, 0) is 60.7 Å². The summed E-state index contributed by atoms with van der Waals surface area (Å²) in [6, 6.07) is 48.5. The molecule has 0 saturated heterocycles. The topological polar surface area (TPSA) is 48.5 Å². The Bertz CT molecular complexity index is 2510. The largest absolute Gasteiger partial charge is 0.316 e. The number of rotatable bonds is 4. The lowest BCUT2D eigenvalue weighted by molar-refractivity contribution is 1.09. The molecule has 9 aromatic rings. The fraction of sp³-hybridized carbons (Fsp3) is 0.0714. The van der Waals surface area contributed by atoms with Crippen molar-refractivity contribution in [3.63, 3.8) is 0 Å². The highest BCUT2D eigenvalue weighted by Gasteiger charge is 2.18. The Morgan fingerprint density at radius 3 is 2.13 bits per heavy atom. The molecule has 0 radical (unpaired) electrons. The zero-order valence-corrected chi connectivity index (χ0v) is 26.4. The number of para-hydroxylation sites is 3. The number of nitrogens with zero attached hydrogens (tertiary/aromatic N) is 5. The normalized spacial score (nSPS) is 11.3. The van der Waals surface area contributed by atoms with Crippen molar-refractivity contribution in [1.29, 1.82) is 0 Å². The molecule has 0 spiro atoms. The second-order valence-electron chi connectivity index (χ2n) is 11.7. The molecular formula is C42H33N5. The summed E-state index contributed by atoms with van der Waals surface area (Å²) in [5.41, 5.74) is 9.22. The number of aromatic nitrogens is 5. The minimum Gasteiger partial charge on any atom is -0.316 e. The van der Waals surface area contributed by atoms with Gasteiger partial charge in [0.05, 0.1) is 27.8 Å². The molecule has 0 aliphatic rings. The van der Waals surface area contributed by atoms with Crippen LogP contribution in [0.3, 0.4) is 0 Å². The fourth-order valence-electron chi connectivity index (χ4n) is 6.45. The van der Waals surface area contributed by atoms with Crippen LogP contribution in [0, 0.1) is 0 Å². The third-order valence-corrected chi connectivity index (χ3v) is 8.41. The summed E-state index contributed by atoms with van der Waals surface area (Å²) in [7, 11) is 0. The summed E-state index contributed by atoms with van der Waals surface area (Å²) in [4.78, 5) is 14.7. The highest BCUT2D eigenvalue weighted by Crippen LogP contribution is 2.38. The van der Waals surface area contributed by atoms with Crippen molar-refractivity contribution in [2.75, 3.05) is 0 Å². The van der Waals surface area contributed by atoms with Gasteiger partial charge in [-0.1, -0.05) is 99.1 Å². The summed E-state index contributed by atoms with van der Waals surface area (Å²) in [6.45, 7) is 4.25. The second kappa shape index (κ2) is 12.0. The fourth-order valence-corrected chi connectivity index (χ4v) is 6.45. The number of hydrogen-bond donors (Lipinski definition) is 0. The number of fused-ring (bicyclic) bond motifs is 6. The molecule has 9 rings (SSSR count). The molecule has 4 heterocycles. The Kier molecular flexibility index (Phi) is 7.27. The minimum atomic E-state index is 0.673. The molecule has 0 amide bonds. The van der Waals surface area contributed by atoms with Crippen molar-refractivity contribution in [3.05, 3.63) is 152 Å². The predicted octanol–water partition coefficient (Wildman–Crippen LogP) is 10.8. The van der Waals surface area contributed by atoms with Crippen molar-refractivity contribution < 1.29 is 0 Å². The Labute approximate surface area is 273 Å². The maximum absolute atomic E-state index is 5.09. The Morgan fingerprint density at radius 2 is 1.30 bits per heavy atom. The van der Waals surface area contributed by atoms with Crippen molar-refractivity contribution >= 4 is 43.6 Å².